The molecule has 1 aromatic rings. The third-order valence-electron chi connectivity index (χ3n) is 6.12. The molecule has 0 saturated carbocycles. The Morgan fingerprint density at radius 3 is 2.13 bits per heavy atom. The van der Waals surface area contributed by atoms with Crippen molar-refractivity contribution in [2.75, 3.05) is 19.7 Å². The number of imide groups is 1. The van der Waals surface area contributed by atoms with Crippen molar-refractivity contribution in [3.05, 3.63) is 35.4 Å². The Labute approximate surface area is 180 Å². The second-order valence-electron chi connectivity index (χ2n) is 8.02. The van der Waals surface area contributed by atoms with E-state index in [1.165, 1.54) is 4.90 Å². The lowest BCUT2D eigenvalue weighted by molar-refractivity contribution is -0.157. The maximum absolute atomic E-state index is 12.9. The summed E-state index contributed by atoms with van der Waals surface area (Å²) in [4.78, 5) is 64.7. The van der Waals surface area contributed by atoms with Crippen LogP contribution in [0, 0.1) is 11.8 Å². The van der Waals surface area contributed by atoms with E-state index in [9.17, 15) is 24.0 Å². The predicted octanol–water partition coefficient (Wildman–Crippen LogP) is 0.964. The van der Waals surface area contributed by atoms with Crippen molar-refractivity contribution in [2.24, 2.45) is 17.6 Å². The van der Waals surface area contributed by atoms with Crippen LogP contribution in [0.3, 0.4) is 0 Å². The van der Waals surface area contributed by atoms with E-state index in [0.717, 1.165) is 4.90 Å². The number of primary amides is 1. The highest BCUT2D eigenvalue weighted by atomic mass is 16.5. The van der Waals surface area contributed by atoms with Gasteiger partial charge in [0.1, 0.15) is 6.04 Å². The maximum atomic E-state index is 12.9. The highest BCUT2D eigenvalue weighted by Gasteiger charge is 2.45. The van der Waals surface area contributed by atoms with Gasteiger partial charge in [-0.25, -0.2) is 4.79 Å². The number of fused-ring (bicyclic) bond motifs is 1. The van der Waals surface area contributed by atoms with Gasteiger partial charge in [-0.2, -0.15) is 0 Å². The smallest absolute Gasteiger partial charge is 0.330 e. The van der Waals surface area contributed by atoms with E-state index in [1.807, 2.05) is 6.92 Å². The van der Waals surface area contributed by atoms with E-state index in [4.69, 9.17) is 10.5 Å². The summed E-state index contributed by atoms with van der Waals surface area (Å²) in [7, 11) is 0. The largest absolute Gasteiger partial charge is 0.454 e. The molecule has 2 N–H and O–H groups in total. The van der Waals surface area contributed by atoms with Gasteiger partial charge in [0, 0.05) is 19.0 Å². The molecule has 0 unspecified atom stereocenters. The molecule has 4 amide bonds. The average Bonchev–Trinajstić information content (AvgIpc) is 3.03. The van der Waals surface area contributed by atoms with E-state index in [-0.39, 0.29) is 34.8 Å². The summed E-state index contributed by atoms with van der Waals surface area (Å²) in [5.74, 6) is -3.24. The zero-order valence-electron chi connectivity index (χ0n) is 17.7. The minimum Gasteiger partial charge on any atom is -0.454 e. The van der Waals surface area contributed by atoms with Crippen LogP contribution in [0.25, 0.3) is 0 Å². The second-order valence-corrected chi connectivity index (χ2v) is 8.02. The first-order valence-electron chi connectivity index (χ1n) is 10.5. The molecule has 166 valence electrons. The highest BCUT2D eigenvalue weighted by molar-refractivity contribution is 6.22. The van der Waals surface area contributed by atoms with Crippen LogP contribution in [0.4, 0.5) is 0 Å². The fourth-order valence-corrected chi connectivity index (χ4v) is 4.00. The number of carbonyl (C=O) groups is 5. The number of amides is 4. The number of hydrogen-bond acceptors (Lipinski definition) is 6. The molecule has 1 aromatic carbocycles. The van der Waals surface area contributed by atoms with Crippen LogP contribution in [0.1, 0.15) is 53.8 Å². The van der Waals surface area contributed by atoms with Crippen LogP contribution in [-0.2, 0) is 19.1 Å². The molecule has 3 rings (SSSR count). The summed E-state index contributed by atoms with van der Waals surface area (Å²) in [6.45, 7) is 3.83. The molecule has 9 heteroatoms. The first kappa shape index (κ1) is 22.5. The van der Waals surface area contributed by atoms with Gasteiger partial charge in [-0.15, -0.1) is 0 Å². The molecule has 1 fully saturated rings. The number of nitrogens with two attached hydrogens (primary N) is 1. The normalized spacial score (nSPS) is 18.5. The second kappa shape index (κ2) is 9.28. The van der Waals surface area contributed by atoms with Gasteiger partial charge in [-0.3, -0.25) is 24.1 Å². The molecular weight excluding hydrogens is 402 g/mol. The first-order chi connectivity index (χ1) is 14.8. The summed E-state index contributed by atoms with van der Waals surface area (Å²) < 4.78 is 5.26. The fraction of sp³-hybridized carbons (Fsp3) is 0.500. The Bertz CT molecular complexity index is 871. The standard InChI is InChI=1S/C22H27N3O6/c1-3-13(2)18(25-20(28)15-6-4-5-7-16(15)21(25)29)22(30)31-12-17(26)24-10-8-14(9-11-24)19(23)27/h4-7,13-14,18H,3,8-12H2,1-2H3,(H2,23,27)/t13-,18-/m0/s1. The molecule has 0 spiro atoms. The van der Waals surface area contributed by atoms with E-state index < -0.39 is 30.4 Å². The SMILES string of the molecule is CC[C@H](C)[C@@H](C(=O)OCC(=O)N1CCC(C(N)=O)CC1)N1C(=O)c2ccccc2C1=O. The quantitative estimate of drug-likeness (QED) is 0.508. The predicted molar refractivity (Wildman–Crippen MR) is 110 cm³/mol. The van der Waals surface area contributed by atoms with Crippen molar-refractivity contribution in [2.45, 2.75) is 39.2 Å². The van der Waals surface area contributed by atoms with Gasteiger partial charge in [-0.05, 0) is 30.9 Å². The van der Waals surface area contributed by atoms with Crippen LogP contribution in [0.2, 0.25) is 0 Å². The molecule has 0 bridgehead atoms. The van der Waals surface area contributed by atoms with Gasteiger partial charge in [0.05, 0.1) is 11.1 Å². The number of ether oxygens (including phenoxy) is 1. The number of esters is 1. The molecule has 0 aromatic heterocycles. The van der Waals surface area contributed by atoms with Gasteiger partial charge in [-0.1, -0.05) is 32.4 Å². The molecule has 1 saturated heterocycles. The zero-order valence-corrected chi connectivity index (χ0v) is 17.7. The Balaban J connectivity index is 1.67. The number of piperidine rings is 1. The highest BCUT2D eigenvalue weighted by Crippen LogP contribution is 2.28. The number of hydrogen-bond donors (Lipinski definition) is 1. The van der Waals surface area contributed by atoms with Crippen LogP contribution in [-0.4, -0.2) is 65.1 Å². The fourth-order valence-electron chi connectivity index (χ4n) is 4.00. The third-order valence-corrected chi connectivity index (χ3v) is 6.12. The molecule has 9 nitrogen and oxygen atoms in total. The van der Waals surface area contributed by atoms with Crippen molar-refractivity contribution in [3.63, 3.8) is 0 Å². The average molecular weight is 429 g/mol. The Kier molecular flexibility index (Phi) is 6.72. The van der Waals surface area contributed by atoms with Gasteiger partial charge in [0.15, 0.2) is 6.61 Å². The summed E-state index contributed by atoms with van der Waals surface area (Å²) in [5.41, 5.74) is 5.81. The Hall–Kier alpha value is -3.23. The number of benzene rings is 1. The third kappa shape index (κ3) is 4.45. The van der Waals surface area contributed by atoms with Gasteiger partial charge < -0.3 is 15.4 Å². The van der Waals surface area contributed by atoms with E-state index >= 15 is 0 Å². The minimum absolute atomic E-state index is 0.252. The number of carbonyl (C=O) groups excluding carboxylic acids is 5. The van der Waals surface area contributed by atoms with Crippen molar-refractivity contribution in [1.82, 2.24) is 9.80 Å². The molecule has 2 atom stereocenters. The molecule has 0 aliphatic carbocycles. The van der Waals surface area contributed by atoms with Crippen molar-refractivity contribution in [3.8, 4) is 0 Å². The summed E-state index contributed by atoms with van der Waals surface area (Å²) >= 11 is 0. The molecule has 0 radical (unpaired) electrons. The van der Waals surface area contributed by atoms with Crippen LogP contribution in [0.15, 0.2) is 24.3 Å². The van der Waals surface area contributed by atoms with Crippen molar-refractivity contribution >= 4 is 29.6 Å². The van der Waals surface area contributed by atoms with Gasteiger partial charge >= 0.3 is 5.97 Å². The lowest BCUT2D eigenvalue weighted by atomic mass is 9.96. The first-order valence-corrected chi connectivity index (χ1v) is 10.5. The lowest BCUT2D eigenvalue weighted by Crippen LogP contribution is -2.50. The lowest BCUT2D eigenvalue weighted by Gasteiger charge is -2.31. The number of likely N-dealkylation sites (tertiary alicyclic amines) is 1. The Morgan fingerprint density at radius 1 is 1.10 bits per heavy atom. The summed E-state index contributed by atoms with van der Waals surface area (Å²) in [6.07, 6.45) is 1.47. The van der Waals surface area contributed by atoms with Crippen LogP contribution in [0.5, 0.6) is 0 Å². The van der Waals surface area contributed by atoms with E-state index in [1.54, 1.807) is 31.2 Å². The number of rotatable bonds is 7. The number of nitrogens with zero attached hydrogens (tertiary/aromatic N) is 2. The maximum Gasteiger partial charge on any atom is 0.330 e. The molecule has 2 heterocycles. The van der Waals surface area contributed by atoms with Crippen molar-refractivity contribution < 1.29 is 28.7 Å². The van der Waals surface area contributed by atoms with Crippen LogP contribution >= 0.6 is 0 Å². The molecule has 31 heavy (non-hydrogen) atoms. The van der Waals surface area contributed by atoms with Crippen molar-refractivity contribution in [1.29, 1.82) is 0 Å². The topological polar surface area (TPSA) is 127 Å². The van der Waals surface area contributed by atoms with E-state index in [0.29, 0.717) is 32.4 Å². The van der Waals surface area contributed by atoms with Gasteiger partial charge in [0.25, 0.3) is 17.7 Å². The molecule has 2 aliphatic heterocycles. The van der Waals surface area contributed by atoms with E-state index in [2.05, 4.69) is 0 Å². The molecular formula is C22H27N3O6. The minimum atomic E-state index is -1.12. The Morgan fingerprint density at radius 2 is 1.65 bits per heavy atom. The molecule has 2 aliphatic rings. The monoisotopic (exact) mass is 429 g/mol. The summed E-state index contributed by atoms with van der Waals surface area (Å²) in [5, 5.41) is 0. The zero-order chi connectivity index (χ0) is 22.7. The van der Waals surface area contributed by atoms with Crippen LogP contribution < -0.4 is 5.73 Å². The summed E-state index contributed by atoms with van der Waals surface area (Å²) in [6, 6.07) is 5.29. The van der Waals surface area contributed by atoms with Gasteiger partial charge in [0.2, 0.25) is 5.91 Å².